The number of ether oxygens (including phenoxy) is 1. The lowest BCUT2D eigenvalue weighted by atomic mass is 10.1. The number of para-hydroxylation sites is 1. The number of H-pyrrole nitrogens is 1. The summed E-state index contributed by atoms with van der Waals surface area (Å²) in [6.45, 7) is 2.88. The second kappa shape index (κ2) is 12.6. The highest BCUT2D eigenvalue weighted by Gasteiger charge is 2.22. The van der Waals surface area contributed by atoms with Gasteiger partial charge in [0.05, 0.1) is 12.5 Å². The molecule has 3 aromatic carbocycles. The summed E-state index contributed by atoms with van der Waals surface area (Å²) in [4.78, 5) is 32.5. The minimum atomic E-state index is -0.927. The average Bonchev–Trinajstić information content (AvgIpc) is 3.60. The van der Waals surface area contributed by atoms with Crippen LogP contribution in [0.1, 0.15) is 27.9 Å². The largest absolute Gasteiger partial charge is 0.445 e. The quantitative estimate of drug-likeness (QED) is 0.178. The molecule has 9 nitrogen and oxygen atoms in total. The van der Waals surface area contributed by atoms with Crippen LogP contribution in [0.4, 0.5) is 4.79 Å². The molecule has 0 aliphatic rings. The second-order valence-electron chi connectivity index (χ2n) is 9.49. The number of nitrogens with zero attached hydrogens (tertiary/aromatic N) is 3. The van der Waals surface area contributed by atoms with Crippen molar-refractivity contribution in [2.24, 2.45) is 5.10 Å². The summed E-state index contributed by atoms with van der Waals surface area (Å²) in [6.07, 6.45) is 6.24. The molecule has 0 fully saturated rings. The number of amides is 2. The van der Waals surface area contributed by atoms with Gasteiger partial charge in [0, 0.05) is 47.5 Å². The van der Waals surface area contributed by atoms with Gasteiger partial charge in [-0.25, -0.2) is 15.2 Å². The number of hydrogen-bond acceptors (Lipinski definition) is 5. The first kappa shape index (κ1) is 26.4. The van der Waals surface area contributed by atoms with Gasteiger partial charge in [0.15, 0.2) is 0 Å². The molecule has 1 atom stereocenters. The van der Waals surface area contributed by atoms with E-state index in [1.54, 1.807) is 12.4 Å². The standard InChI is InChI=1S/C31H30N6O3/c1-22-8-7-11-24(14-22)18-37-19-25(27-12-5-6-13-29(27)37)16-34-36-30(38)28(15-26-17-32-21-33-26)35-31(39)40-20-23-9-3-2-4-10-23/h2-14,16-17,19,21,28H,15,18,20H2,1H3,(H,32,33)(H,35,39)(H,36,38)/b34-16-/t28-/m1/s1. The lowest BCUT2D eigenvalue weighted by molar-refractivity contribution is -0.123. The van der Waals surface area contributed by atoms with Crippen molar-refractivity contribution in [3.05, 3.63) is 126 Å². The fraction of sp³-hybridized carbons (Fsp3) is 0.161. The molecule has 0 radical (unpaired) electrons. The van der Waals surface area contributed by atoms with Crippen LogP contribution in [-0.4, -0.2) is 38.8 Å². The number of nitrogens with one attached hydrogen (secondary N) is 3. The van der Waals surface area contributed by atoms with Crippen molar-refractivity contribution in [1.82, 2.24) is 25.3 Å². The third kappa shape index (κ3) is 6.82. The van der Waals surface area contributed by atoms with Gasteiger partial charge in [-0.05, 0) is 24.1 Å². The van der Waals surface area contributed by atoms with Crippen molar-refractivity contribution in [2.45, 2.75) is 32.5 Å². The number of aromatic amines is 1. The first-order valence-electron chi connectivity index (χ1n) is 13.0. The molecule has 3 N–H and O–H groups in total. The number of alkyl carbamates (subject to hydrolysis) is 1. The molecule has 40 heavy (non-hydrogen) atoms. The fourth-order valence-electron chi connectivity index (χ4n) is 4.49. The summed E-state index contributed by atoms with van der Waals surface area (Å²) in [7, 11) is 0. The van der Waals surface area contributed by atoms with E-state index in [9.17, 15) is 9.59 Å². The number of fused-ring (bicyclic) bond motifs is 1. The lowest BCUT2D eigenvalue weighted by Crippen LogP contribution is -2.47. The van der Waals surface area contributed by atoms with Gasteiger partial charge in [-0.2, -0.15) is 5.10 Å². The predicted molar refractivity (Wildman–Crippen MR) is 154 cm³/mol. The number of aryl methyl sites for hydroxylation is 1. The van der Waals surface area contributed by atoms with Crippen LogP contribution in [0.3, 0.4) is 0 Å². The average molecular weight is 535 g/mol. The molecule has 5 aromatic rings. The zero-order valence-electron chi connectivity index (χ0n) is 22.1. The molecule has 9 heteroatoms. The number of imidazole rings is 1. The smallest absolute Gasteiger partial charge is 0.408 e. The third-order valence-corrected chi connectivity index (χ3v) is 6.43. The number of aromatic nitrogens is 3. The molecule has 2 heterocycles. The molecule has 0 unspecified atom stereocenters. The van der Waals surface area contributed by atoms with Crippen LogP contribution < -0.4 is 10.7 Å². The van der Waals surface area contributed by atoms with E-state index in [1.165, 1.54) is 17.5 Å². The van der Waals surface area contributed by atoms with Crippen molar-refractivity contribution >= 4 is 29.1 Å². The molecule has 0 aliphatic heterocycles. The first-order chi connectivity index (χ1) is 19.5. The highest BCUT2D eigenvalue weighted by atomic mass is 16.5. The van der Waals surface area contributed by atoms with Gasteiger partial charge in [-0.1, -0.05) is 78.4 Å². The summed E-state index contributed by atoms with van der Waals surface area (Å²) in [5.41, 5.74) is 8.44. The minimum absolute atomic E-state index is 0.0931. The lowest BCUT2D eigenvalue weighted by Gasteiger charge is -2.16. The van der Waals surface area contributed by atoms with Crippen LogP contribution in [0, 0.1) is 6.92 Å². The van der Waals surface area contributed by atoms with Crippen molar-refractivity contribution in [2.75, 3.05) is 0 Å². The molecule has 0 spiro atoms. The van der Waals surface area contributed by atoms with Gasteiger partial charge in [0.25, 0.3) is 5.91 Å². The van der Waals surface area contributed by atoms with E-state index in [0.29, 0.717) is 12.2 Å². The summed E-state index contributed by atoms with van der Waals surface area (Å²) >= 11 is 0. The van der Waals surface area contributed by atoms with Crippen molar-refractivity contribution < 1.29 is 14.3 Å². The Morgan fingerprint density at radius 3 is 2.65 bits per heavy atom. The maximum Gasteiger partial charge on any atom is 0.408 e. The van der Waals surface area contributed by atoms with E-state index in [2.05, 4.69) is 67.6 Å². The topological polar surface area (TPSA) is 113 Å². The molecule has 5 rings (SSSR count). The Kier molecular flexibility index (Phi) is 8.31. The van der Waals surface area contributed by atoms with E-state index in [4.69, 9.17) is 4.74 Å². The zero-order valence-corrected chi connectivity index (χ0v) is 22.1. The molecule has 0 aliphatic carbocycles. The molecular formula is C31H30N6O3. The van der Waals surface area contributed by atoms with Crippen molar-refractivity contribution in [1.29, 1.82) is 0 Å². The molecule has 2 amide bonds. The van der Waals surface area contributed by atoms with Gasteiger partial charge in [0.1, 0.15) is 12.6 Å². The molecule has 202 valence electrons. The monoisotopic (exact) mass is 534 g/mol. The normalized spacial score (nSPS) is 11.9. The number of carbonyl (C=O) groups excluding carboxylic acids is 2. The maximum absolute atomic E-state index is 13.1. The Labute approximate surface area is 231 Å². The molecule has 2 aromatic heterocycles. The third-order valence-electron chi connectivity index (χ3n) is 6.43. The van der Waals surface area contributed by atoms with E-state index >= 15 is 0 Å². The van der Waals surface area contributed by atoms with Crippen LogP contribution >= 0.6 is 0 Å². The molecule has 0 saturated heterocycles. The van der Waals surface area contributed by atoms with Gasteiger partial charge < -0.3 is 19.6 Å². The molecule has 0 bridgehead atoms. The fourth-order valence-corrected chi connectivity index (χ4v) is 4.49. The number of rotatable bonds is 10. The van der Waals surface area contributed by atoms with Crippen LogP contribution in [0.2, 0.25) is 0 Å². The van der Waals surface area contributed by atoms with Gasteiger partial charge >= 0.3 is 6.09 Å². The SMILES string of the molecule is Cc1cccc(Cn2cc(/C=N\NC(=O)[C@@H](Cc3cnc[nH]3)NC(=O)OCc3ccccc3)c3ccccc32)c1. The Morgan fingerprint density at radius 1 is 1.05 bits per heavy atom. The predicted octanol–water partition coefficient (Wildman–Crippen LogP) is 4.71. The number of benzene rings is 3. The second-order valence-corrected chi connectivity index (χ2v) is 9.49. The number of hydrogen-bond donors (Lipinski definition) is 3. The molecule has 0 saturated carbocycles. The summed E-state index contributed by atoms with van der Waals surface area (Å²) in [5.74, 6) is -0.481. The van der Waals surface area contributed by atoms with Crippen LogP contribution in [0.25, 0.3) is 10.9 Å². The Morgan fingerprint density at radius 2 is 1.85 bits per heavy atom. The van der Waals surface area contributed by atoms with E-state index in [-0.39, 0.29) is 13.0 Å². The van der Waals surface area contributed by atoms with E-state index in [1.807, 2.05) is 54.7 Å². The van der Waals surface area contributed by atoms with Crippen molar-refractivity contribution in [3.63, 3.8) is 0 Å². The highest BCUT2D eigenvalue weighted by Crippen LogP contribution is 2.21. The summed E-state index contributed by atoms with van der Waals surface area (Å²) in [5, 5.41) is 7.88. The van der Waals surface area contributed by atoms with Crippen LogP contribution in [0.15, 0.2) is 103 Å². The van der Waals surface area contributed by atoms with E-state index in [0.717, 1.165) is 22.0 Å². The summed E-state index contributed by atoms with van der Waals surface area (Å²) < 4.78 is 7.48. The number of carbonyl (C=O) groups is 2. The highest BCUT2D eigenvalue weighted by molar-refractivity contribution is 6.00. The van der Waals surface area contributed by atoms with Gasteiger partial charge in [-0.15, -0.1) is 0 Å². The number of hydrazone groups is 1. The van der Waals surface area contributed by atoms with Gasteiger partial charge in [0.2, 0.25) is 0 Å². The summed E-state index contributed by atoms with van der Waals surface area (Å²) in [6, 6.07) is 24.9. The van der Waals surface area contributed by atoms with E-state index < -0.39 is 18.0 Å². The maximum atomic E-state index is 13.1. The zero-order chi connectivity index (χ0) is 27.7. The van der Waals surface area contributed by atoms with Crippen LogP contribution in [-0.2, 0) is 29.1 Å². The Hall–Kier alpha value is -5.18. The Balaban J connectivity index is 1.27. The first-order valence-corrected chi connectivity index (χ1v) is 13.0. The van der Waals surface area contributed by atoms with Crippen molar-refractivity contribution in [3.8, 4) is 0 Å². The Bertz CT molecular complexity index is 1610. The van der Waals surface area contributed by atoms with Crippen LogP contribution in [0.5, 0.6) is 0 Å². The minimum Gasteiger partial charge on any atom is -0.445 e. The van der Waals surface area contributed by atoms with Gasteiger partial charge in [-0.3, -0.25) is 4.79 Å². The molecular weight excluding hydrogens is 504 g/mol.